The first-order valence-electron chi connectivity index (χ1n) is 4.71. The normalized spacial score (nSPS) is 9.88. The fourth-order valence-electron chi connectivity index (χ4n) is 1.22. The van der Waals surface area contributed by atoms with Gasteiger partial charge in [0.15, 0.2) is 0 Å². The topological polar surface area (TPSA) is 44.1 Å². The molecule has 6 heteroatoms. The first-order valence-corrected chi connectivity index (χ1v) is 7.11. The van der Waals surface area contributed by atoms with Crippen LogP contribution in [-0.2, 0) is 0 Å². The Morgan fingerprint density at radius 2 is 2.31 bits per heavy atom. The van der Waals surface area contributed by atoms with Gasteiger partial charge in [0.2, 0.25) is 0 Å². The Morgan fingerprint density at radius 3 is 2.75 bits per heavy atom. The molecule has 0 saturated carbocycles. The number of thiophene rings is 1. The third-order valence-electron chi connectivity index (χ3n) is 1.90. The minimum absolute atomic E-state index is 0.0835. The summed E-state index contributed by atoms with van der Waals surface area (Å²) in [5.74, 6) is -0.0835. The minimum Gasteiger partial charge on any atom is -0.325 e. The second kappa shape index (κ2) is 6.38. The van der Waals surface area contributed by atoms with Crippen molar-refractivity contribution in [3.8, 4) is 6.07 Å². The van der Waals surface area contributed by atoms with Crippen molar-refractivity contribution in [1.29, 1.82) is 5.26 Å². The second-order valence-corrected chi connectivity index (χ2v) is 6.34. The lowest BCUT2D eigenvalue weighted by atomic mass is 10.3. The molecule has 3 nitrogen and oxygen atoms in total. The molecule has 1 aromatic heterocycles. The van der Waals surface area contributed by atoms with E-state index in [4.69, 9.17) is 5.26 Å². The van der Waals surface area contributed by atoms with Crippen molar-refractivity contribution in [2.75, 3.05) is 13.1 Å². The van der Waals surface area contributed by atoms with Crippen LogP contribution in [0.3, 0.4) is 0 Å². The lowest BCUT2D eigenvalue weighted by Crippen LogP contribution is -2.31. The smallest absolute Gasteiger partial charge is 0.264 e. The molecule has 0 bridgehead atoms. The number of nitriles is 1. The van der Waals surface area contributed by atoms with E-state index in [-0.39, 0.29) is 12.5 Å². The highest BCUT2D eigenvalue weighted by atomic mass is 79.9. The molecule has 0 atom stereocenters. The fourth-order valence-corrected chi connectivity index (χ4v) is 3.22. The van der Waals surface area contributed by atoms with E-state index in [1.165, 1.54) is 11.3 Å². The molecule has 16 heavy (non-hydrogen) atoms. The molecule has 1 heterocycles. The van der Waals surface area contributed by atoms with E-state index in [2.05, 4.69) is 31.9 Å². The van der Waals surface area contributed by atoms with Gasteiger partial charge in [0.05, 0.1) is 14.7 Å². The third-order valence-corrected chi connectivity index (χ3v) is 5.14. The van der Waals surface area contributed by atoms with Crippen LogP contribution in [0.4, 0.5) is 0 Å². The van der Waals surface area contributed by atoms with E-state index >= 15 is 0 Å². The van der Waals surface area contributed by atoms with Gasteiger partial charge >= 0.3 is 0 Å². The Balaban J connectivity index is 2.86. The molecule has 0 aliphatic rings. The van der Waals surface area contributed by atoms with Crippen molar-refractivity contribution >= 4 is 49.1 Å². The Bertz CT molecular complexity index is 405. The molecule has 86 valence electrons. The lowest BCUT2D eigenvalue weighted by Gasteiger charge is -2.17. The zero-order valence-corrected chi connectivity index (χ0v) is 12.7. The van der Waals surface area contributed by atoms with Crippen LogP contribution in [0.15, 0.2) is 14.3 Å². The molecular weight excluding hydrogens is 356 g/mol. The van der Waals surface area contributed by atoms with Crippen LogP contribution in [0.1, 0.15) is 23.0 Å². The molecule has 0 spiro atoms. The summed E-state index contributed by atoms with van der Waals surface area (Å²) < 4.78 is 1.76. The maximum Gasteiger partial charge on any atom is 0.264 e. The minimum atomic E-state index is -0.0835. The molecule has 0 N–H and O–H groups in total. The van der Waals surface area contributed by atoms with Gasteiger partial charge in [0, 0.05) is 11.0 Å². The van der Waals surface area contributed by atoms with E-state index in [0.29, 0.717) is 11.4 Å². The lowest BCUT2D eigenvalue weighted by molar-refractivity contribution is 0.0781. The summed E-state index contributed by atoms with van der Waals surface area (Å²) in [6.45, 7) is 2.73. The van der Waals surface area contributed by atoms with Gasteiger partial charge in [-0.05, 0) is 44.3 Å². The van der Waals surface area contributed by atoms with E-state index in [9.17, 15) is 4.79 Å². The molecule has 0 aromatic carbocycles. The van der Waals surface area contributed by atoms with Crippen molar-refractivity contribution in [1.82, 2.24) is 4.90 Å². The molecule has 0 saturated heterocycles. The van der Waals surface area contributed by atoms with Crippen LogP contribution in [0.5, 0.6) is 0 Å². The Kier molecular flexibility index (Phi) is 5.46. The van der Waals surface area contributed by atoms with Gasteiger partial charge in [0.1, 0.15) is 6.54 Å². The number of amides is 1. The molecule has 0 fully saturated rings. The van der Waals surface area contributed by atoms with Crippen LogP contribution in [0.25, 0.3) is 0 Å². The number of hydrogen-bond acceptors (Lipinski definition) is 3. The molecule has 0 radical (unpaired) electrons. The Hall–Kier alpha value is -0.380. The van der Waals surface area contributed by atoms with E-state index < -0.39 is 0 Å². The maximum atomic E-state index is 12.0. The zero-order chi connectivity index (χ0) is 12.1. The second-order valence-electron chi connectivity index (χ2n) is 3.12. The molecule has 1 rings (SSSR count). The summed E-state index contributed by atoms with van der Waals surface area (Å²) in [6.07, 6.45) is 0.848. The van der Waals surface area contributed by atoms with Crippen LogP contribution in [0, 0.1) is 11.3 Å². The van der Waals surface area contributed by atoms with Crippen LogP contribution >= 0.6 is 43.2 Å². The van der Waals surface area contributed by atoms with E-state index in [1.807, 2.05) is 13.0 Å². The van der Waals surface area contributed by atoms with Crippen molar-refractivity contribution in [3.63, 3.8) is 0 Å². The highest BCUT2D eigenvalue weighted by Gasteiger charge is 2.18. The standard InChI is InChI=1S/C10H10Br2N2OS/c1-2-4-14(5-3-13)10(15)8-6-7(11)9(12)16-8/h6H,2,4-5H2,1H3. The van der Waals surface area contributed by atoms with Crippen LogP contribution in [-0.4, -0.2) is 23.9 Å². The Morgan fingerprint density at radius 1 is 1.62 bits per heavy atom. The summed E-state index contributed by atoms with van der Waals surface area (Å²) >= 11 is 8.06. The summed E-state index contributed by atoms with van der Waals surface area (Å²) in [7, 11) is 0. The molecule has 1 amide bonds. The number of carbonyl (C=O) groups excluding carboxylic acids is 1. The number of carbonyl (C=O) groups is 1. The number of halogens is 2. The molecule has 0 aliphatic heterocycles. The predicted octanol–water partition coefficient (Wildman–Crippen LogP) is 3.65. The van der Waals surface area contributed by atoms with E-state index in [1.54, 1.807) is 11.0 Å². The largest absolute Gasteiger partial charge is 0.325 e. The van der Waals surface area contributed by atoms with Gasteiger partial charge in [-0.3, -0.25) is 4.79 Å². The molecule has 0 unspecified atom stereocenters. The highest BCUT2D eigenvalue weighted by molar-refractivity contribution is 9.13. The molecular formula is C10H10Br2N2OS. The van der Waals surface area contributed by atoms with Gasteiger partial charge in [-0.2, -0.15) is 5.26 Å². The predicted molar refractivity (Wildman–Crippen MR) is 71.5 cm³/mol. The van der Waals surface area contributed by atoms with Crippen LogP contribution in [0.2, 0.25) is 0 Å². The zero-order valence-electron chi connectivity index (χ0n) is 8.67. The third kappa shape index (κ3) is 3.30. The summed E-state index contributed by atoms with van der Waals surface area (Å²) in [5, 5.41) is 8.66. The number of hydrogen-bond donors (Lipinski definition) is 0. The SMILES string of the molecule is CCCN(CC#N)C(=O)c1cc(Br)c(Br)s1. The summed E-state index contributed by atoms with van der Waals surface area (Å²) in [6, 6.07) is 3.79. The van der Waals surface area contributed by atoms with Gasteiger partial charge in [0.25, 0.3) is 5.91 Å². The summed E-state index contributed by atoms with van der Waals surface area (Å²) in [4.78, 5) is 14.2. The quantitative estimate of drug-likeness (QED) is 0.764. The van der Waals surface area contributed by atoms with Crippen LogP contribution < -0.4 is 0 Å². The van der Waals surface area contributed by atoms with Crippen molar-refractivity contribution in [2.45, 2.75) is 13.3 Å². The number of nitrogens with zero attached hydrogens (tertiary/aromatic N) is 2. The van der Waals surface area contributed by atoms with Crippen molar-refractivity contribution < 1.29 is 4.79 Å². The maximum absolute atomic E-state index is 12.0. The fraction of sp³-hybridized carbons (Fsp3) is 0.400. The van der Waals surface area contributed by atoms with Gasteiger partial charge in [-0.15, -0.1) is 11.3 Å². The first-order chi connectivity index (χ1) is 7.60. The monoisotopic (exact) mass is 364 g/mol. The van der Waals surface area contributed by atoms with Gasteiger partial charge < -0.3 is 4.90 Å². The average molecular weight is 366 g/mol. The Labute approximate surface area is 115 Å². The van der Waals surface area contributed by atoms with Crippen molar-refractivity contribution in [3.05, 3.63) is 19.2 Å². The van der Waals surface area contributed by atoms with Gasteiger partial charge in [-0.25, -0.2) is 0 Å². The van der Waals surface area contributed by atoms with Gasteiger partial charge in [-0.1, -0.05) is 6.92 Å². The highest BCUT2D eigenvalue weighted by Crippen LogP contribution is 2.32. The number of rotatable bonds is 4. The van der Waals surface area contributed by atoms with E-state index in [0.717, 1.165) is 14.7 Å². The van der Waals surface area contributed by atoms with Crippen molar-refractivity contribution in [2.24, 2.45) is 0 Å². The summed E-state index contributed by atoms with van der Waals surface area (Å²) in [5.41, 5.74) is 0. The average Bonchev–Trinajstić information content (AvgIpc) is 2.58. The molecule has 1 aromatic rings. The first kappa shape index (κ1) is 13.7. The molecule has 0 aliphatic carbocycles.